The molecule has 0 aromatic heterocycles. The third-order valence-corrected chi connectivity index (χ3v) is 15.6. The molecule has 0 radical (unpaired) electrons. The number of ether oxygens (including phenoxy) is 13. The first-order chi connectivity index (χ1) is 44.0. The van der Waals surface area contributed by atoms with Crippen molar-refractivity contribution < 1.29 is 85.6 Å². The molecule has 7 rings (SSSR count). The average Bonchev–Trinajstić information content (AvgIpc) is 1.25. The van der Waals surface area contributed by atoms with Crippen LogP contribution in [0.15, 0.2) is 78.9 Å². The van der Waals surface area contributed by atoms with Gasteiger partial charge in [-0.2, -0.15) is 5.26 Å². The Balaban J connectivity index is 0.566. The number of nitrogens with one attached hydrogen (secondary N) is 4. The Morgan fingerprint density at radius 1 is 0.604 bits per heavy atom. The Morgan fingerprint density at radius 2 is 1.10 bits per heavy atom. The summed E-state index contributed by atoms with van der Waals surface area (Å²) in [5.74, 6) is 0.408. The standard InChI is InChI=1S/C65H84Cl2N6O18/c1-64(2)61(65(3,4)62(64)91-52-11-8-47(42-68)55(67)41-52)72-58(75)46-6-9-51(10-7-46)89-35-33-87-31-29-85-27-25-83-23-21-81-19-17-79-15-16-80-18-20-82-22-24-84-26-28-86-30-32-88-34-36-90-53-39-49(66)38-50(40-53)70-63(78)69-43-45-5-12-54-48(37-45)44-73(60(54)77)56-13-14-57(74)71-59(56)76/h5-12,37-41,56,61-62H,13-36,43-44H2,1-4H3,(H,72,75)(H2,69,70,78)(H,71,74,76). The molecule has 6 amide bonds. The molecule has 1 saturated heterocycles. The number of imide groups is 1. The van der Waals surface area contributed by atoms with Crippen LogP contribution in [0.5, 0.6) is 17.2 Å². The van der Waals surface area contributed by atoms with Crippen molar-refractivity contribution in [2.24, 2.45) is 10.8 Å². The molecule has 3 aliphatic rings. The fourth-order valence-corrected chi connectivity index (χ4v) is 11.3. The number of hydrogen-bond acceptors (Lipinski definition) is 19. The molecule has 1 saturated carbocycles. The van der Waals surface area contributed by atoms with E-state index in [0.717, 1.165) is 11.1 Å². The summed E-state index contributed by atoms with van der Waals surface area (Å²) in [4.78, 5) is 64.5. The number of rotatable bonds is 43. The highest BCUT2D eigenvalue weighted by Crippen LogP contribution is 2.55. The molecule has 2 heterocycles. The van der Waals surface area contributed by atoms with E-state index in [1.807, 2.05) is 6.07 Å². The fourth-order valence-electron chi connectivity index (χ4n) is 10.8. The third kappa shape index (κ3) is 23.1. The largest absolute Gasteiger partial charge is 0.491 e. The van der Waals surface area contributed by atoms with Crippen LogP contribution in [0.4, 0.5) is 10.5 Å². The summed E-state index contributed by atoms with van der Waals surface area (Å²) in [6, 6.07) is 22.9. The molecular formula is C65H84Cl2N6O18. The van der Waals surface area contributed by atoms with Crippen LogP contribution in [0.1, 0.15) is 77.9 Å². The lowest BCUT2D eigenvalue weighted by Gasteiger charge is -2.63. The number of piperidine rings is 1. The molecule has 4 aromatic rings. The number of urea groups is 1. The van der Waals surface area contributed by atoms with Crippen LogP contribution in [0, 0.1) is 22.2 Å². The van der Waals surface area contributed by atoms with E-state index in [0.29, 0.717) is 188 Å². The molecule has 496 valence electrons. The summed E-state index contributed by atoms with van der Waals surface area (Å²) >= 11 is 12.5. The van der Waals surface area contributed by atoms with Gasteiger partial charge in [0, 0.05) is 70.4 Å². The highest BCUT2D eigenvalue weighted by molar-refractivity contribution is 6.32. The lowest BCUT2D eigenvalue weighted by Crippen LogP contribution is -2.74. The van der Waals surface area contributed by atoms with Crippen molar-refractivity contribution in [3.05, 3.63) is 117 Å². The van der Waals surface area contributed by atoms with E-state index < -0.39 is 18.0 Å². The summed E-state index contributed by atoms with van der Waals surface area (Å²) in [6.07, 6.45) is 0.258. The van der Waals surface area contributed by atoms with Gasteiger partial charge in [0.05, 0.1) is 143 Å². The highest BCUT2D eigenvalue weighted by Gasteiger charge is 2.64. The van der Waals surface area contributed by atoms with Crippen molar-refractivity contribution in [1.82, 2.24) is 20.9 Å². The minimum atomic E-state index is -0.700. The quantitative estimate of drug-likeness (QED) is 0.0252. The number of anilines is 1. The Hall–Kier alpha value is -6.70. The summed E-state index contributed by atoms with van der Waals surface area (Å²) in [6.45, 7) is 17.7. The molecule has 1 unspecified atom stereocenters. The van der Waals surface area contributed by atoms with Gasteiger partial charge in [0.25, 0.3) is 11.8 Å². The predicted octanol–water partition coefficient (Wildman–Crippen LogP) is 7.18. The zero-order valence-corrected chi connectivity index (χ0v) is 53.6. The van der Waals surface area contributed by atoms with Gasteiger partial charge in [0.2, 0.25) is 11.8 Å². The summed E-state index contributed by atoms with van der Waals surface area (Å²) in [5.41, 5.74) is 2.59. The number of fused-ring (bicyclic) bond motifs is 1. The number of hydrogen-bond donors (Lipinski definition) is 4. The number of benzene rings is 4. The Bertz CT molecular complexity index is 3010. The number of carbonyl (C=O) groups is 5. The van der Waals surface area contributed by atoms with Gasteiger partial charge >= 0.3 is 6.03 Å². The van der Waals surface area contributed by atoms with E-state index in [-0.39, 0.29) is 73.2 Å². The number of halogens is 2. The Labute approximate surface area is 541 Å². The topological polar surface area (TPSA) is 280 Å². The first kappa shape index (κ1) is 71.7. The minimum Gasteiger partial charge on any atom is -0.491 e. The van der Waals surface area contributed by atoms with Crippen LogP contribution in [0.2, 0.25) is 10.0 Å². The van der Waals surface area contributed by atoms with Gasteiger partial charge in [-0.3, -0.25) is 24.5 Å². The molecule has 0 bridgehead atoms. The second kappa shape index (κ2) is 37.7. The minimum absolute atomic E-state index is 0.156. The van der Waals surface area contributed by atoms with E-state index in [4.69, 9.17) is 84.8 Å². The van der Waals surface area contributed by atoms with Crippen molar-refractivity contribution in [2.45, 2.75) is 71.8 Å². The van der Waals surface area contributed by atoms with Gasteiger partial charge in [-0.05, 0) is 72.1 Å². The van der Waals surface area contributed by atoms with Gasteiger partial charge in [-0.15, -0.1) is 0 Å². The average molecular weight is 1310 g/mol. The maximum atomic E-state index is 13.3. The zero-order valence-electron chi connectivity index (χ0n) is 52.1. The molecule has 2 fully saturated rings. The van der Waals surface area contributed by atoms with Gasteiger partial charge in [0.1, 0.15) is 48.7 Å². The molecule has 0 spiro atoms. The fraction of sp³-hybridized carbons (Fsp3) is 0.538. The number of nitrogens with zero attached hydrogens (tertiary/aromatic N) is 2. The normalized spacial score (nSPS) is 17.2. The molecule has 2 aliphatic heterocycles. The SMILES string of the molecule is CC1(C)C(NC(=O)c2ccc(OCCOCCOCCOCCOCCOCCOCCOCCOCCOCCOCCOc3cc(Cl)cc(NC(=O)NCc4ccc5c(c4)CN(C4CCC(=O)NC4=O)C5=O)c3)cc2)C(C)(C)C1Oc1ccc(C#N)c(Cl)c1. The van der Waals surface area contributed by atoms with Crippen molar-refractivity contribution >= 4 is 58.5 Å². The molecule has 26 heteroatoms. The molecule has 1 aliphatic carbocycles. The molecule has 4 aromatic carbocycles. The Morgan fingerprint density at radius 3 is 1.59 bits per heavy atom. The highest BCUT2D eigenvalue weighted by atomic mass is 35.5. The van der Waals surface area contributed by atoms with Crippen LogP contribution in [-0.2, 0) is 70.0 Å². The van der Waals surface area contributed by atoms with Gasteiger partial charge in [-0.1, -0.05) is 63.0 Å². The second-order valence-corrected chi connectivity index (χ2v) is 23.4. The first-order valence-electron chi connectivity index (χ1n) is 30.5. The number of amides is 6. The van der Waals surface area contributed by atoms with Crippen molar-refractivity contribution in [3.8, 4) is 23.3 Å². The smallest absolute Gasteiger partial charge is 0.319 e. The summed E-state index contributed by atoms with van der Waals surface area (Å²) in [7, 11) is 0. The molecule has 1 atom stereocenters. The van der Waals surface area contributed by atoms with Crippen LogP contribution in [-0.4, -0.2) is 198 Å². The van der Waals surface area contributed by atoms with Gasteiger partial charge < -0.3 is 82.4 Å². The maximum absolute atomic E-state index is 13.3. The number of nitriles is 1. The zero-order chi connectivity index (χ0) is 64.9. The van der Waals surface area contributed by atoms with Gasteiger partial charge in [0.15, 0.2) is 0 Å². The van der Waals surface area contributed by atoms with Crippen molar-refractivity contribution in [1.29, 1.82) is 5.26 Å². The van der Waals surface area contributed by atoms with E-state index in [9.17, 15) is 29.2 Å². The lowest BCUT2D eigenvalue weighted by molar-refractivity contribution is -0.164. The summed E-state index contributed by atoms with van der Waals surface area (Å²) < 4.78 is 73.6. The van der Waals surface area contributed by atoms with Crippen molar-refractivity contribution in [3.63, 3.8) is 0 Å². The van der Waals surface area contributed by atoms with Crippen LogP contribution < -0.4 is 35.5 Å². The van der Waals surface area contributed by atoms with Crippen molar-refractivity contribution in [2.75, 3.05) is 151 Å². The second-order valence-electron chi connectivity index (χ2n) is 22.5. The summed E-state index contributed by atoms with van der Waals surface area (Å²) in [5, 5.41) is 21.0. The molecular weight excluding hydrogens is 1220 g/mol. The van der Waals surface area contributed by atoms with E-state index in [1.165, 1.54) is 4.90 Å². The van der Waals surface area contributed by atoms with Crippen LogP contribution in [0.25, 0.3) is 0 Å². The molecule has 24 nitrogen and oxygen atoms in total. The van der Waals surface area contributed by atoms with E-state index in [2.05, 4.69) is 55.0 Å². The van der Waals surface area contributed by atoms with Gasteiger partial charge in [-0.25, -0.2) is 4.79 Å². The lowest BCUT2D eigenvalue weighted by atomic mass is 9.49. The third-order valence-electron chi connectivity index (χ3n) is 15.1. The predicted molar refractivity (Wildman–Crippen MR) is 335 cm³/mol. The maximum Gasteiger partial charge on any atom is 0.319 e. The monoisotopic (exact) mass is 1310 g/mol. The van der Waals surface area contributed by atoms with Crippen LogP contribution in [0.3, 0.4) is 0 Å². The molecule has 91 heavy (non-hydrogen) atoms. The molecule has 4 N–H and O–H groups in total. The Kier molecular flexibility index (Phi) is 29.7. The van der Waals surface area contributed by atoms with E-state index in [1.54, 1.807) is 72.8 Å². The number of carbonyl (C=O) groups excluding carboxylic acids is 5. The van der Waals surface area contributed by atoms with E-state index >= 15 is 0 Å². The van der Waals surface area contributed by atoms with Crippen LogP contribution >= 0.6 is 23.2 Å². The first-order valence-corrected chi connectivity index (χ1v) is 31.2.